The summed E-state index contributed by atoms with van der Waals surface area (Å²) in [4.78, 5) is 37.7. The molecular weight excluding hydrogens is 1200 g/mol. The van der Waals surface area contributed by atoms with Crippen molar-refractivity contribution in [2.24, 2.45) is 0 Å². The molecule has 0 rings (SSSR count). The van der Waals surface area contributed by atoms with Crippen molar-refractivity contribution in [2.45, 2.75) is 283 Å². The number of allylic oxidation sites excluding steroid dienone is 34. The van der Waals surface area contributed by atoms with Crippen molar-refractivity contribution in [3.05, 3.63) is 207 Å². The highest BCUT2D eigenvalue weighted by Crippen LogP contribution is 2.16. The third kappa shape index (κ3) is 77.1. The van der Waals surface area contributed by atoms with Gasteiger partial charge in [0.05, 0.1) is 34.4 Å². The molecule has 9 nitrogen and oxygen atoms in total. The Kier molecular flexibility index (Phi) is 70.9. The van der Waals surface area contributed by atoms with Crippen LogP contribution >= 0.6 is 0 Å². The lowest BCUT2D eigenvalue weighted by Gasteiger charge is -2.25. The topological polar surface area (TPSA) is 108 Å². The number of ether oxygens (including phenoxy) is 4. The third-order valence-electron chi connectivity index (χ3n) is 15.5. The minimum absolute atomic E-state index is 0.171. The Bertz CT molecular complexity index is 2350. The lowest BCUT2D eigenvalue weighted by Crippen LogP contribution is -2.40. The Hall–Kier alpha value is -6.13. The van der Waals surface area contributed by atoms with E-state index in [4.69, 9.17) is 18.9 Å². The van der Waals surface area contributed by atoms with Crippen LogP contribution in [0.5, 0.6) is 0 Å². The van der Waals surface area contributed by atoms with Crippen LogP contribution in [0.15, 0.2) is 207 Å². The number of unbranched alkanes of at least 4 members (excludes halogenated alkanes) is 19. The van der Waals surface area contributed by atoms with Gasteiger partial charge in [-0.3, -0.25) is 9.59 Å². The molecule has 0 aliphatic rings. The largest absolute Gasteiger partial charge is 0.477 e. The van der Waals surface area contributed by atoms with E-state index in [2.05, 4.69) is 220 Å². The van der Waals surface area contributed by atoms with E-state index < -0.39 is 24.3 Å². The zero-order chi connectivity index (χ0) is 70.4. The summed E-state index contributed by atoms with van der Waals surface area (Å²) in [5.74, 6) is -2.07. The summed E-state index contributed by atoms with van der Waals surface area (Å²) in [5, 5.41) is 9.76. The molecule has 2 unspecified atom stereocenters. The van der Waals surface area contributed by atoms with Crippen LogP contribution in [-0.2, 0) is 33.3 Å². The lowest BCUT2D eigenvalue weighted by molar-refractivity contribution is -0.870. The number of quaternary nitrogens is 1. The number of carbonyl (C=O) groups is 3. The smallest absolute Gasteiger partial charge is 0.361 e. The van der Waals surface area contributed by atoms with Crippen molar-refractivity contribution >= 4 is 17.9 Å². The fraction of sp³-hybridized carbons (Fsp3) is 0.580. The molecule has 0 fully saturated rings. The lowest BCUT2D eigenvalue weighted by atomic mass is 10.0. The molecule has 2 atom stereocenters. The number of rotatable bonds is 68. The van der Waals surface area contributed by atoms with Crippen molar-refractivity contribution in [1.82, 2.24) is 0 Å². The van der Waals surface area contributed by atoms with E-state index >= 15 is 0 Å². The monoisotopic (exact) mass is 1340 g/mol. The molecule has 9 heteroatoms. The molecule has 0 spiro atoms. The average molecular weight is 1340 g/mol. The van der Waals surface area contributed by atoms with Gasteiger partial charge in [-0.2, -0.15) is 0 Å². The van der Waals surface area contributed by atoms with E-state index in [1.165, 1.54) is 89.9 Å². The zero-order valence-corrected chi connectivity index (χ0v) is 62.1. The van der Waals surface area contributed by atoms with Crippen molar-refractivity contribution < 1.29 is 42.9 Å². The Morgan fingerprint density at radius 1 is 0.309 bits per heavy atom. The van der Waals surface area contributed by atoms with E-state index in [9.17, 15) is 19.5 Å². The van der Waals surface area contributed by atoms with Crippen LogP contribution in [0.25, 0.3) is 0 Å². The molecule has 97 heavy (non-hydrogen) atoms. The summed E-state index contributed by atoms with van der Waals surface area (Å²) in [5.41, 5.74) is 0. The van der Waals surface area contributed by atoms with Crippen LogP contribution in [0.4, 0.5) is 0 Å². The number of carboxylic acids is 1. The van der Waals surface area contributed by atoms with E-state index in [0.717, 1.165) is 148 Å². The van der Waals surface area contributed by atoms with E-state index in [0.29, 0.717) is 17.4 Å². The van der Waals surface area contributed by atoms with Crippen molar-refractivity contribution in [1.29, 1.82) is 0 Å². The van der Waals surface area contributed by atoms with Gasteiger partial charge in [-0.1, -0.05) is 317 Å². The molecule has 0 bridgehead atoms. The van der Waals surface area contributed by atoms with E-state index in [-0.39, 0.29) is 38.6 Å². The first-order valence-corrected chi connectivity index (χ1v) is 38.2. The summed E-state index contributed by atoms with van der Waals surface area (Å²) in [6, 6.07) is 0. The molecule has 1 N–H and O–H groups in total. The number of carboxylic acid groups (broad SMARTS) is 1. The number of aliphatic carboxylic acids is 1. The van der Waals surface area contributed by atoms with Crippen LogP contribution < -0.4 is 0 Å². The second-order valence-electron chi connectivity index (χ2n) is 25.8. The Morgan fingerprint density at radius 3 is 0.835 bits per heavy atom. The molecule has 0 aromatic rings. The first kappa shape index (κ1) is 90.9. The van der Waals surface area contributed by atoms with Crippen LogP contribution in [0.2, 0.25) is 0 Å². The van der Waals surface area contributed by atoms with Gasteiger partial charge in [-0.25, -0.2) is 4.79 Å². The molecular formula is C88H140NO8+. The van der Waals surface area contributed by atoms with E-state index in [1.807, 2.05) is 21.1 Å². The van der Waals surface area contributed by atoms with Crippen molar-refractivity contribution in [3.63, 3.8) is 0 Å². The van der Waals surface area contributed by atoms with Gasteiger partial charge < -0.3 is 28.5 Å². The van der Waals surface area contributed by atoms with Crippen molar-refractivity contribution in [2.75, 3.05) is 47.5 Å². The standard InChI is InChI=1S/C88H139NO8/c1-6-8-10-12-14-16-18-20-22-24-26-28-30-32-34-36-38-40-42-43-45-47-49-51-53-55-57-59-61-63-65-67-69-71-73-75-77-79-86(91)97-84(83-96-88(87(92)93)94-81-80-89(3,4)5)82-95-85(90)78-76-74-72-70-68-66-64-62-60-58-56-54-52-50-48-46-44-41-39-37-35-33-31-29-27-25-23-21-19-17-15-13-11-9-7-2/h8-11,14-17,20-23,26-29,32-35,38-41,43,45,49,51,55,57,61,63,67,69,84,88H,6-7,12-13,18-19,24-25,30-31,36-37,42,44,46-48,50,52-54,56,58-60,62,64-66,68,70-83H2,1-5H3/p+1/b10-8-,11-9-,16-14-,17-15-,22-20-,23-21-,28-26-,29-27-,34-32-,35-33-,40-38-,41-39-,45-43-,51-49-,57-55-,63-61-,69-67-. The first-order chi connectivity index (χ1) is 47.6. The van der Waals surface area contributed by atoms with Gasteiger partial charge in [0, 0.05) is 12.8 Å². The summed E-state index contributed by atoms with van der Waals surface area (Å²) in [6.07, 6.45) is 115. The molecule has 0 amide bonds. The van der Waals surface area contributed by atoms with Gasteiger partial charge in [0.15, 0.2) is 6.10 Å². The minimum Gasteiger partial charge on any atom is -0.477 e. The van der Waals surface area contributed by atoms with Crippen molar-refractivity contribution in [3.8, 4) is 0 Å². The zero-order valence-electron chi connectivity index (χ0n) is 62.1. The predicted molar refractivity (Wildman–Crippen MR) is 418 cm³/mol. The fourth-order valence-corrected chi connectivity index (χ4v) is 9.79. The van der Waals surface area contributed by atoms with Gasteiger partial charge in [-0.05, 0) is 148 Å². The summed E-state index contributed by atoms with van der Waals surface area (Å²) >= 11 is 0. The molecule has 0 heterocycles. The second kappa shape index (κ2) is 75.6. The second-order valence-corrected chi connectivity index (χ2v) is 25.8. The number of likely N-dealkylation sites (N-methyl/N-ethyl adjacent to an activating group) is 1. The number of carbonyl (C=O) groups excluding carboxylic acids is 2. The highest BCUT2D eigenvalue weighted by atomic mass is 16.7. The normalized spacial score (nSPS) is 13.9. The van der Waals surface area contributed by atoms with Gasteiger partial charge in [0.2, 0.25) is 0 Å². The molecule has 0 aromatic heterocycles. The fourth-order valence-electron chi connectivity index (χ4n) is 9.79. The molecule has 0 aliphatic carbocycles. The van der Waals surface area contributed by atoms with Gasteiger partial charge in [-0.15, -0.1) is 0 Å². The minimum atomic E-state index is -1.53. The summed E-state index contributed by atoms with van der Waals surface area (Å²) < 4.78 is 23.0. The summed E-state index contributed by atoms with van der Waals surface area (Å²) in [7, 11) is 5.96. The van der Waals surface area contributed by atoms with Crippen LogP contribution in [0, 0.1) is 0 Å². The summed E-state index contributed by atoms with van der Waals surface area (Å²) in [6.45, 7) is 4.60. The SMILES string of the molecule is CC/C=C\C/C=C\C/C=C\C/C=C\C/C=C\C/C=C\C/C=C\C/C=C\C/C=C\C/C=C\C/C=C\CCCCCC(=O)OC(COC(=O)CCCCCCCCCCCCCCCCCC/C=C\C/C=C\C/C=C\C/C=C\C/C=C\C/C=C\CC)COC(OCC[N+](C)(C)C)C(=O)O. The Morgan fingerprint density at radius 2 is 0.557 bits per heavy atom. The number of hydrogen-bond donors (Lipinski definition) is 1. The Labute approximate surface area is 594 Å². The predicted octanol–water partition coefficient (Wildman–Crippen LogP) is 24.7. The molecule has 0 aliphatic heterocycles. The maximum absolute atomic E-state index is 13.0. The third-order valence-corrected chi connectivity index (χ3v) is 15.5. The highest BCUT2D eigenvalue weighted by molar-refractivity contribution is 5.71. The van der Waals surface area contributed by atoms with Gasteiger partial charge >= 0.3 is 17.9 Å². The van der Waals surface area contributed by atoms with E-state index in [1.54, 1.807) is 0 Å². The van der Waals surface area contributed by atoms with Gasteiger partial charge in [0.1, 0.15) is 13.2 Å². The quantitative estimate of drug-likeness (QED) is 0.0211. The molecule has 0 saturated carbocycles. The maximum Gasteiger partial charge on any atom is 0.361 e. The Balaban J connectivity index is 4.20. The van der Waals surface area contributed by atoms with Crippen LogP contribution in [0.1, 0.15) is 271 Å². The number of hydrogen-bond acceptors (Lipinski definition) is 7. The maximum atomic E-state index is 13.0. The van der Waals surface area contributed by atoms with Crippen LogP contribution in [0.3, 0.4) is 0 Å². The number of nitrogens with zero attached hydrogens (tertiary/aromatic N) is 1. The molecule has 0 aromatic carbocycles. The molecule has 544 valence electrons. The average Bonchev–Trinajstić information content (AvgIpc) is 3.11. The highest BCUT2D eigenvalue weighted by Gasteiger charge is 2.25. The number of esters is 2. The van der Waals surface area contributed by atoms with Gasteiger partial charge in [0.25, 0.3) is 6.29 Å². The first-order valence-electron chi connectivity index (χ1n) is 38.2. The van der Waals surface area contributed by atoms with Crippen LogP contribution in [-0.4, -0.2) is 87.4 Å². The molecule has 0 radical (unpaired) electrons. The molecule has 0 saturated heterocycles.